The average Bonchev–Trinajstić information content (AvgIpc) is 3.03. The molecule has 0 atom stereocenters. The standard InChI is InChI=1S/C15H17N3O/c1-3-11-7-8-13(19-11)15-17-14-10(9-16)5-4-6-12(14)18(15)2/h4-8H,3,9,16H2,1-2H3. The Balaban J connectivity index is 2.22. The van der Waals surface area contributed by atoms with Gasteiger partial charge in [-0.05, 0) is 23.8 Å². The number of aromatic nitrogens is 2. The highest BCUT2D eigenvalue weighted by molar-refractivity contribution is 5.82. The Labute approximate surface area is 111 Å². The Morgan fingerprint density at radius 2 is 2.11 bits per heavy atom. The van der Waals surface area contributed by atoms with Gasteiger partial charge < -0.3 is 14.7 Å². The first-order valence-corrected chi connectivity index (χ1v) is 6.48. The summed E-state index contributed by atoms with van der Waals surface area (Å²) >= 11 is 0. The maximum absolute atomic E-state index is 5.79. The molecule has 4 heteroatoms. The number of benzene rings is 1. The molecule has 0 saturated carbocycles. The van der Waals surface area contributed by atoms with Gasteiger partial charge in [0.05, 0.1) is 11.0 Å². The summed E-state index contributed by atoms with van der Waals surface area (Å²) < 4.78 is 7.84. The van der Waals surface area contributed by atoms with Crippen molar-refractivity contribution in [2.75, 3.05) is 0 Å². The van der Waals surface area contributed by atoms with Gasteiger partial charge in [-0.3, -0.25) is 0 Å². The van der Waals surface area contributed by atoms with Gasteiger partial charge in [0.2, 0.25) is 0 Å². The van der Waals surface area contributed by atoms with E-state index in [0.717, 1.165) is 40.4 Å². The van der Waals surface area contributed by atoms with E-state index in [9.17, 15) is 0 Å². The summed E-state index contributed by atoms with van der Waals surface area (Å²) in [4.78, 5) is 4.69. The van der Waals surface area contributed by atoms with Crippen molar-refractivity contribution in [1.29, 1.82) is 0 Å². The molecule has 0 radical (unpaired) electrons. The number of aryl methyl sites for hydroxylation is 2. The fraction of sp³-hybridized carbons (Fsp3) is 0.267. The predicted octanol–water partition coefficient (Wildman–Crippen LogP) is 2.85. The number of hydrogen-bond donors (Lipinski definition) is 1. The van der Waals surface area contributed by atoms with Crippen LogP contribution < -0.4 is 5.73 Å². The lowest BCUT2D eigenvalue weighted by atomic mass is 10.2. The van der Waals surface area contributed by atoms with Crippen LogP contribution in [-0.4, -0.2) is 9.55 Å². The van der Waals surface area contributed by atoms with E-state index in [1.165, 1.54) is 0 Å². The van der Waals surface area contributed by atoms with Crippen molar-refractivity contribution in [2.24, 2.45) is 12.8 Å². The Morgan fingerprint density at radius 3 is 2.79 bits per heavy atom. The molecule has 1 aromatic carbocycles. The first-order chi connectivity index (χ1) is 9.24. The summed E-state index contributed by atoms with van der Waals surface area (Å²) in [7, 11) is 2.00. The van der Waals surface area contributed by atoms with E-state index in [1.54, 1.807) is 0 Å². The van der Waals surface area contributed by atoms with Crippen LogP contribution in [0.15, 0.2) is 34.7 Å². The van der Waals surface area contributed by atoms with E-state index in [-0.39, 0.29) is 0 Å². The van der Waals surface area contributed by atoms with Gasteiger partial charge in [-0.1, -0.05) is 19.1 Å². The average molecular weight is 255 g/mol. The number of fused-ring (bicyclic) bond motifs is 1. The van der Waals surface area contributed by atoms with Gasteiger partial charge in [0.15, 0.2) is 11.6 Å². The smallest absolute Gasteiger partial charge is 0.176 e. The maximum atomic E-state index is 5.79. The molecule has 0 spiro atoms. The SMILES string of the molecule is CCc1ccc(-c2nc3c(CN)cccc3n2C)o1. The lowest BCUT2D eigenvalue weighted by Gasteiger charge is -1.99. The molecule has 0 saturated heterocycles. The molecule has 2 N–H and O–H groups in total. The molecule has 0 unspecified atom stereocenters. The van der Waals surface area contributed by atoms with E-state index in [0.29, 0.717) is 6.54 Å². The second-order valence-electron chi connectivity index (χ2n) is 4.60. The van der Waals surface area contributed by atoms with E-state index in [4.69, 9.17) is 15.1 Å². The van der Waals surface area contributed by atoms with Crippen LogP contribution in [0.5, 0.6) is 0 Å². The molecule has 4 nitrogen and oxygen atoms in total. The third-order valence-electron chi connectivity index (χ3n) is 3.45. The molecule has 19 heavy (non-hydrogen) atoms. The minimum absolute atomic E-state index is 0.492. The van der Waals surface area contributed by atoms with Gasteiger partial charge in [-0.2, -0.15) is 0 Å². The van der Waals surface area contributed by atoms with Crippen LogP contribution >= 0.6 is 0 Å². The highest BCUT2D eigenvalue weighted by atomic mass is 16.3. The number of furan rings is 1. The number of imidazole rings is 1. The van der Waals surface area contributed by atoms with Crippen molar-refractivity contribution in [1.82, 2.24) is 9.55 Å². The number of rotatable bonds is 3. The van der Waals surface area contributed by atoms with Crippen molar-refractivity contribution in [3.63, 3.8) is 0 Å². The second-order valence-corrected chi connectivity index (χ2v) is 4.60. The van der Waals surface area contributed by atoms with E-state index >= 15 is 0 Å². The summed E-state index contributed by atoms with van der Waals surface area (Å²) in [6.45, 7) is 2.57. The minimum atomic E-state index is 0.492. The zero-order valence-corrected chi connectivity index (χ0v) is 11.2. The Hall–Kier alpha value is -2.07. The molecule has 0 aliphatic carbocycles. The van der Waals surface area contributed by atoms with E-state index < -0.39 is 0 Å². The maximum Gasteiger partial charge on any atom is 0.176 e. The van der Waals surface area contributed by atoms with Crippen LogP contribution in [-0.2, 0) is 20.0 Å². The third kappa shape index (κ3) is 1.85. The van der Waals surface area contributed by atoms with Gasteiger partial charge in [0, 0.05) is 20.0 Å². The first-order valence-electron chi connectivity index (χ1n) is 6.48. The molecule has 98 valence electrons. The molecule has 3 aromatic rings. The van der Waals surface area contributed by atoms with Gasteiger partial charge >= 0.3 is 0 Å². The van der Waals surface area contributed by atoms with Gasteiger partial charge in [-0.25, -0.2) is 4.98 Å². The Bertz CT molecular complexity index is 724. The van der Waals surface area contributed by atoms with Crippen LogP contribution in [0.3, 0.4) is 0 Å². The van der Waals surface area contributed by atoms with Gasteiger partial charge in [-0.15, -0.1) is 0 Å². The zero-order chi connectivity index (χ0) is 13.4. The molecule has 0 amide bonds. The Morgan fingerprint density at radius 1 is 1.26 bits per heavy atom. The fourth-order valence-electron chi connectivity index (χ4n) is 2.35. The first kappa shape index (κ1) is 12.0. The van der Waals surface area contributed by atoms with Crippen molar-refractivity contribution in [2.45, 2.75) is 19.9 Å². The summed E-state index contributed by atoms with van der Waals surface area (Å²) in [5.41, 5.74) is 8.86. The van der Waals surface area contributed by atoms with Crippen molar-refractivity contribution < 1.29 is 4.42 Å². The fourth-order valence-corrected chi connectivity index (χ4v) is 2.35. The second kappa shape index (κ2) is 4.55. The van der Waals surface area contributed by atoms with Crippen molar-refractivity contribution >= 4 is 11.0 Å². The van der Waals surface area contributed by atoms with Crippen molar-refractivity contribution in [3.05, 3.63) is 41.7 Å². The molecular formula is C15H17N3O. The number of hydrogen-bond acceptors (Lipinski definition) is 3. The summed E-state index contributed by atoms with van der Waals surface area (Å²) in [5.74, 6) is 2.62. The number of nitrogens with zero attached hydrogens (tertiary/aromatic N) is 2. The van der Waals surface area contributed by atoms with Crippen molar-refractivity contribution in [3.8, 4) is 11.6 Å². The Kier molecular flexibility index (Phi) is 2.87. The lowest BCUT2D eigenvalue weighted by Crippen LogP contribution is -1.97. The number of para-hydroxylation sites is 1. The minimum Gasteiger partial charge on any atom is -0.458 e. The van der Waals surface area contributed by atoms with Crippen LogP contribution in [0.25, 0.3) is 22.6 Å². The van der Waals surface area contributed by atoms with Gasteiger partial charge in [0.25, 0.3) is 0 Å². The highest BCUT2D eigenvalue weighted by Crippen LogP contribution is 2.27. The van der Waals surface area contributed by atoms with Crippen LogP contribution in [0.1, 0.15) is 18.2 Å². The molecule has 0 aliphatic heterocycles. The quantitative estimate of drug-likeness (QED) is 0.783. The molecule has 2 aromatic heterocycles. The molecule has 0 bridgehead atoms. The lowest BCUT2D eigenvalue weighted by molar-refractivity contribution is 0.524. The highest BCUT2D eigenvalue weighted by Gasteiger charge is 2.14. The largest absolute Gasteiger partial charge is 0.458 e. The summed E-state index contributed by atoms with van der Waals surface area (Å²) in [6, 6.07) is 10.0. The topological polar surface area (TPSA) is 57.0 Å². The van der Waals surface area contributed by atoms with Gasteiger partial charge in [0.1, 0.15) is 5.76 Å². The van der Waals surface area contributed by atoms with E-state index in [2.05, 4.69) is 13.0 Å². The van der Waals surface area contributed by atoms with Crippen LogP contribution in [0.4, 0.5) is 0 Å². The predicted molar refractivity (Wildman–Crippen MR) is 75.7 cm³/mol. The molecule has 3 rings (SSSR count). The van der Waals surface area contributed by atoms with Crippen LogP contribution in [0.2, 0.25) is 0 Å². The van der Waals surface area contributed by atoms with E-state index in [1.807, 2.05) is 35.9 Å². The molecule has 2 heterocycles. The molecule has 0 fully saturated rings. The summed E-state index contributed by atoms with van der Waals surface area (Å²) in [6.07, 6.45) is 0.887. The van der Waals surface area contributed by atoms with Crippen LogP contribution in [0, 0.1) is 0 Å². The number of nitrogens with two attached hydrogens (primary N) is 1. The summed E-state index contributed by atoms with van der Waals surface area (Å²) in [5, 5.41) is 0. The molecule has 0 aliphatic rings. The monoisotopic (exact) mass is 255 g/mol. The normalized spacial score (nSPS) is 11.3. The zero-order valence-electron chi connectivity index (χ0n) is 11.2. The molecular weight excluding hydrogens is 238 g/mol. The third-order valence-corrected chi connectivity index (χ3v) is 3.45.